The number of hydrogen-bond donors (Lipinski definition) is 2. The van der Waals surface area contributed by atoms with Crippen LogP contribution < -0.4 is 0 Å². The van der Waals surface area contributed by atoms with Crippen molar-refractivity contribution in [3.8, 4) is 0 Å². The lowest BCUT2D eigenvalue weighted by Gasteiger charge is -2.21. The highest BCUT2D eigenvalue weighted by atomic mass is 16.4. The first kappa shape index (κ1) is 16.7. The van der Waals surface area contributed by atoms with Crippen LogP contribution in [0, 0.1) is 0 Å². The molecule has 2 rings (SSSR count). The monoisotopic (exact) mass is 319 g/mol. The van der Waals surface area contributed by atoms with Crippen LogP contribution in [0.25, 0.3) is 0 Å². The Labute approximate surface area is 132 Å². The molecule has 1 heterocycles. The molecule has 0 saturated carbocycles. The van der Waals surface area contributed by atoms with E-state index in [0.717, 1.165) is 6.42 Å². The second-order valence-corrected chi connectivity index (χ2v) is 5.36. The molecule has 0 saturated heterocycles. The number of carbonyl (C=O) groups is 4. The van der Waals surface area contributed by atoms with E-state index in [0.29, 0.717) is 16.9 Å². The molecule has 7 nitrogen and oxygen atoms in total. The molecule has 0 spiro atoms. The predicted molar refractivity (Wildman–Crippen MR) is 79.2 cm³/mol. The highest BCUT2D eigenvalue weighted by molar-refractivity contribution is 6.23. The number of aliphatic carboxylic acids is 2. The van der Waals surface area contributed by atoms with Gasteiger partial charge in [0.1, 0.15) is 6.04 Å². The van der Waals surface area contributed by atoms with Gasteiger partial charge in [-0.3, -0.25) is 19.3 Å². The molecule has 1 aliphatic rings. The Bertz CT molecular complexity index is 681. The minimum atomic E-state index is -1.48. The van der Waals surface area contributed by atoms with E-state index in [2.05, 4.69) is 0 Å². The van der Waals surface area contributed by atoms with Crippen LogP contribution >= 0.6 is 0 Å². The summed E-state index contributed by atoms with van der Waals surface area (Å²) in [5.74, 6) is -3.91. The maximum atomic E-state index is 12.6. The van der Waals surface area contributed by atoms with Crippen molar-refractivity contribution in [2.24, 2.45) is 0 Å². The molecule has 2 N–H and O–H groups in total. The summed E-state index contributed by atoms with van der Waals surface area (Å²) in [7, 11) is 0. The number of nitrogens with zero attached hydrogens (tertiary/aromatic N) is 1. The van der Waals surface area contributed by atoms with Gasteiger partial charge in [-0.15, -0.1) is 0 Å². The zero-order valence-corrected chi connectivity index (χ0v) is 12.6. The summed E-state index contributed by atoms with van der Waals surface area (Å²) in [6.45, 7) is 1.94. The average Bonchev–Trinajstić information content (AvgIpc) is 2.73. The lowest BCUT2D eigenvalue weighted by Crippen LogP contribution is -2.45. The van der Waals surface area contributed by atoms with Gasteiger partial charge in [0.2, 0.25) is 0 Å². The average molecular weight is 319 g/mol. The zero-order chi connectivity index (χ0) is 17.1. The number of aryl methyl sites for hydroxylation is 1. The molecule has 2 amide bonds. The van der Waals surface area contributed by atoms with E-state index in [-0.39, 0.29) is 17.5 Å². The molecule has 0 radical (unpaired) electrons. The van der Waals surface area contributed by atoms with Crippen LogP contribution in [-0.2, 0) is 16.0 Å². The van der Waals surface area contributed by atoms with E-state index in [1.807, 2.05) is 6.92 Å². The number of rotatable bonds is 7. The molecule has 0 fully saturated rings. The normalized spacial score (nSPS) is 14.7. The number of amides is 2. The number of carboxylic acid groups (broad SMARTS) is 2. The van der Waals surface area contributed by atoms with Gasteiger partial charge in [-0.25, -0.2) is 4.79 Å². The van der Waals surface area contributed by atoms with Gasteiger partial charge in [0.15, 0.2) is 0 Å². The van der Waals surface area contributed by atoms with Crippen molar-refractivity contribution >= 4 is 23.8 Å². The summed E-state index contributed by atoms with van der Waals surface area (Å²) in [6, 6.07) is 3.41. The van der Waals surface area contributed by atoms with Crippen molar-refractivity contribution in [3.05, 3.63) is 34.9 Å². The number of fused-ring (bicyclic) bond motifs is 1. The quantitative estimate of drug-likeness (QED) is 0.737. The topological polar surface area (TPSA) is 112 Å². The smallest absolute Gasteiger partial charge is 0.326 e. The van der Waals surface area contributed by atoms with Crippen LogP contribution in [0.4, 0.5) is 0 Å². The third kappa shape index (κ3) is 3.08. The Morgan fingerprint density at radius 1 is 1.17 bits per heavy atom. The van der Waals surface area contributed by atoms with Crippen LogP contribution in [-0.4, -0.2) is 44.9 Å². The van der Waals surface area contributed by atoms with E-state index < -0.39 is 36.2 Å². The van der Waals surface area contributed by atoms with Crippen molar-refractivity contribution in [1.82, 2.24) is 4.90 Å². The van der Waals surface area contributed by atoms with Crippen molar-refractivity contribution in [2.45, 2.75) is 38.6 Å². The summed E-state index contributed by atoms with van der Waals surface area (Å²) < 4.78 is 0. The first-order valence-corrected chi connectivity index (χ1v) is 7.32. The van der Waals surface area contributed by atoms with Crippen LogP contribution in [0.1, 0.15) is 52.5 Å². The van der Waals surface area contributed by atoms with E-state index >= 15 is 0 Å². The van der Waals surface area contributed by atoms with Gasteiger partial charge in [-0.05, 0) is 24.5 Å². The van der Waals surface area contributed by atoms with Crippen molar-refractivity contribution in [1.29, 1.82) is 0 Å². The number of carbonyl (C=O) groups excluding carboxylic acids is 2. The molecule has 0 aromatic heterocycles. The van der Waals surface area contributed by atoms with Gasteiger partial charge in [-0.1, -0.05) is 25.5 Å². The summed E-state index contributed by atoms with van der Waals surface area (Å²) in [6.07, 6.45) is 0.619. The molecule has 1 atom stereocenters. The van der Waals surface area contributed by atoms with E-state index in [9.17, 15) is 24.3 Å². The van der Waals surface area contributed by atoms with Gasteiger partial charge in [0.05, 0.1) is 11.1 Å². The lowest BCUT2D eigenvalue weighted by atomic mass is 9.99. The second-order valence-electron chi connectivity index (χ2n) is 5.36. The largest absolute Gasteiger partial charge is 0.481 e. The van der Waals surface area contributed by atoms with Gasteiger partial charge in [-0.2, -0.15) is 0 Å². The first-order chi connectivity index (χ1) is 10.9. The first-order valence-electron chi connectivity index (χ1n) is 7.32. The second kappa shape index (κ2) is 6.60. The Balaban J connectivity index is 2.40. The molecule has 0 aliphatic carbocycles. The molecule has 1 unspecified atom stereocenters. The van der Waals surface area contributed by atoms with Gasteiger partial charge in [0, 0.05) is 6.42 Å². The molecular weight excluding hydrogens is 302 g/mol. The molecule has 1 aromatic rings. The molecule has 122 valence electrons. The third-order valence-corrected chi connectivity index (χ3v) is 3.78. The van der Waals surface area contributed by atoms with Gasteiger partial charge in [0.25, 0.3) is 11.8 Å². The zero-order valence-electron chi connectivity index (χ0n) is 12.6. The molecule has 0 bridgehead atoms. The minimum Gasteiger partial charge on any atom is -0.481 e. The lowest BCUT2D eigenvalue weighted by molar-refractivity contribution is -0.142. The summed E-state index contributed by atoms with van der Waals surface area (Å²) >= 11 is 0. The summed E-state index contributed by atoms with van der Waals surface area (Å²) in [4.78, 5) is 47.8. The number of carboxylic acids is 2. The Hall–Kier alpha value is -2.70. The number of imide groups is 1. The molecular formula is C16H17NO6. The van der Waals surface area contributed by atoms with Gasteiger partial charge >= 0.3 is 11.9 Å². The fourth-order valence-electron chi connectivity index (χ4n) is 2.76. The molecule has 1 aliphatic heterocycles. The summed E-state index contributed by atoms with van der Waals surface area (Å²) in [5.41, 5.74) is 1.12. The van der Waals surface area contributed by atoms with Crippen LogP contribution in [0.15, 0.2) is 18.2 Å². The highest BCUT2D eigenvalue weighted by Gasteiger charge is 2.43. The Morgan fingerprint density at radius 2 is 1.87 bits per heavy atom. The van der Waals surface area contributed by atoms with Crippen LogP contribution in [0.5, 0.6) is 0 Å². The van der Waals surface area contributed by atoms with Crippen molar-refractivity contribution in [3.63, 3.8) is 0 Å². The fraction of sp³-hybridized carbons (Fsp3) is 0.375. The molecule has 23 heavy (non-hydrogen) atoms. The molecule has 1 aromatic carbocycles. The van der Waals surface area contributed by atoms with E-state index in [1.54, 1.807) is 12.1 Å². The maximum absolute atomic E-state index is 12.6. The van der Waals surface area contributed by atoms with Crippen molar-refractivity contribution < 1.29 is 29.4 Å². The highest BCUT2D eigenvalue weighted by Crippen LogP contribution is 2.29. The Morgan fingerprint density at radius 3 is 2.43 bits per heavy atom. The van der Waals surface area contributed by atoms with Crippen LogP contribution in [0.3, 0.4) is 0 Å². The van der Waals surface area contributed by atoms with E-state index in [1.165, 1.54) is 6.07 Å². The minimum absolute atomic E-state index is 0.183. The number of benzene rings is 1. The van der Waals surface area contributed by atoms with Crippen molar-refractivity contribution in [2.75, 3.05) is 0 Å². The standard InChI is InChI=1S/C16H17NO6/c1-2-4-9-5-3-6-10-13(9)15(21)17(14(10)20)11(16(22)23)7-8-12(18)19/h3,5-6,11H,2,4,7-8H2,1H3,(H,18,19)(H,22,23). The predicted octanol–water partition coefficient (Wildman–Crippen LogP) is 1.55. The fourth-order valence-corrected chi connectivity index (χ4v) is 2.76. The molecule has 7 heteroatoms. The van der Waals surface area contributed by atoms with Gasteiger partial charge < -0.3 is 10.2 Å². The SMILES string of the molecule is CCCc1cccc2c1C(=O)N(C(CCC(=O)O)C(=O)O)C2=O. The maximum Gasteiger partial charge on any atom is 0.326 e. The Kier molecular flexibility index (Phi) is 4.78. The van der Waals surface area contributed by atoms with Crippen LogP contribution in [0.2, 0.25) is 0 Å². The van der Waals surface area contributed by atoms with E-state index in [4.69, 9.17) is 5.11 Å². The third-order valence-electron chi connectivity index (χ3n) is 3.78. The number of hydrogen-bond acceptors (Lipinski definition) is 4. The summed E-state index contributed by atoms with van der Waals surface area (Å²) in [5, 5.41) is 18.0.